The van der Waals surface area contributed by atoms with E-state index < -0.39 is 5.91 Å². The van der Waals surface area contributed by atoms with Crippen molar-refractivity contribution in [2.75, 3.05) is 28.4 Å². The Morgan fingerprint density at radius 1 is 0.964 bits per heavy atom. The Kier molecular flexibility index (Phi) is 5.69. The van der Waals surface area contributed by atoms with Crippen LogP contribution in [0, 0.1) is 0 Å². The smallest absolute Gasteiger partial charge is 0.287 e. The molecule has 0 atom stereocenters. The molecule has 0 saturated heterocycles. The number of amides is 1. The number of carbonyl (C=O) groups excluding carboxylic acids is 1. The van der Waals surface area contributed by atoms with Gasteiger partial charge in [-0.25, -0.2) is 5.43 Å². The van der Waals surface area contributed by atoms with Crippen LogP contribution in [0.3, 0.4) is 0 Å². The lowest BCUT2D eigenvalue weighted by Gasteiger charge is -2.11. The Balaban J connectivity index is 1.84. The number of carbonyl (C=O) groups is 1. The predicted molar refractivity (Wildman–Crippen MR) is 106 cm³/mol. The van der Waals surface area contributed by atoms with E-state index in [9.17, 15) is 4.79 Å². The van der Waals surface area contributed by atoms with Gasteiger partial charge in [0.25, 0.3) is 5.91 Å². The van der Waals surface area contributed by atoms with E-state index in [-0.39, 0.29) is 0 Å². The van der Waals surface area contributed by atoms with Crippen molar-refractivity contribution < 1.29 is 23.7 Å². The first-order chi connectivity index (χ1) is 13.6. The molecular formula is C20H21N3O5. The van der Waals surface area contributed by atoms with Crippen molar-refractivity contribution in [1.82, 2.24) is 10.4 Å². The molecule has 8 heteroatoms. The zero-order valence-electron chi connectivity index (χ0n) is 16.0. The molecule has 2 N–H and O–H groups in total. The number of rotatable bonds is 7. The second-order valence-electron chi connectivity index (χ2n) is 5.76. The summed E-state index contributed by atoms with van der Waals surface area (Å²) in [6, 6.07) is 10.7. The third-order valence-corrected chi connectivity index (χ3v) is 4.18. The fraction of sp³-hybridized carbons (Fsp3) is 0.200. The largest absolute Gasteiger partial charge is 0.497 e. The van der Waals surface area contributed by atoms with E-state index >= 15 is 0 Å². The average molecular weight is 383 g/mol. The Hall–Kier alpha value is -3.68. The molecule has 1 aromatic heterocycles. The highest BCUT2D eigenvalue weighted by Crippen LogP contribution is 2.41. The van der Waals surface area contributed by atoms with E-state index in [0.717, 1.165) is 11.3 Å². The molecule has 0 spiro atoms. The van der Waals surface area contributed by atoms with Gasteiger partial charge in [0.15, 0.2) is 11.5 Å². The number of aromatic nitrogens is 1. The van der Waals surface area contributed by atoms with E-state index in [1.165, 1.54) is 14.2 Å². The van der Waals surface area contributed by atoms with Crippen molar-refractivity contribution in [3.05, 3.63) is 47.7 Å². The summed E-state index contributed by atoms with van der Waals surface area (Å²) in [4.78, 5) is 15.5. The number of benzene rings is 2. The van der Waals surface area contributed by atoms with Gasteiger partial charge in [-0.3, -0.25) is 4.79 Å². The van der Waals surface area contributed by atoms with E-state index in [4.69, 9.17) is 18.9 Å². The average Bonchev–Trinajstić information content (AvgIpc) is 3.18. The van der Waals surface area contributed by atoms with E-state index in [2.05, 4.69) is 15.5 Å². The molecule has 0 unspecified atom stereocenters. The highest BCUT2D eigenvalue weighted by Gasteiger charge is 2.19. The van der Waals surface area contributed by atoms with E-state index in [1.807, 2.05) is 24.3 Å². The van der Waals surface area contributed by atoms with Crippen molar-refractivity contribution in [1.29, 1.82) is 0 Å². The Labute approximate surface area is 162 Å². The van der Waals surface area contributed by atoms with Gasteiger partial charge in [0, 0.05) is 11.5 Å². The van der Waals surface area contributed by atoms with Crippen LogP contribution >= 0.6 is 0 Å². The number of methoxy groups -OCH3 is 4. The number of hydrogen-bond acceptors (Lipinski definition) is 6. The van der Waals surface area contributed by atoms with Crippen LogP contribution in [0.1, 0.15) is 16.1 Å². The maximum Gasteiger partial charge on any atom is 0.287 e. The Morgan fingerprint density at radius 3 is 2.29 bits per heavy atom. The summed E-state index contributed by atoms with van der Waals surface area (Å²) in [5.41, 5.74) is 4.23. The van der Waals surface area contributed by atoms with Crippen LogP contribution in [0.25, 0.3) is 10.9 Å². The van der Waals surface area contributed by atoms with E-state index in [0.29, 0.717) is 33.8 Å². The minimum Gasteiger partial charge on any atom is -0.497 e. The summed E-state index contributed by atoms with van der Waals surface area (Å²) >= 11 is 0. The van der Waals surface area contributed by atoms with Gasteiger partial charge in [-0.1, -0.05) is 0 Å². The molecule has 1 amide bonds. The van der Waals surface area contributed by atoms with Gasteiger partial charge >= 0.3 is 0 Å². The van der Waals surface area contributed by atoms with Crippen LogP contribution in [0.4, 0.5) is 0 Å². The number of H-pyrrole nitrogens is 1. The molecule has 0 aliphatic rings. The Bertz CT molecular complexity index is 1010. The summed E-state index contributed by atoms with van der Waals surface area (Å²) in [7, 11) is 6.22. The first-order valence-electron chi connectivity index (χ1n) is 8.40. The third kappa shape index (κ3) is 3.71. The topological polar surface area (TPSA) is 94.2 Å². The summed E-state index contributed by atoms with van der Waals surface area (Å²) in [5.74, 6) is 1.89. The minimum atomic E-state index is -0.399. The standard InChI is InChI=1S/C20H21N3O5/c1-25-13-7-5-12(6-8-13)11-21-23-20(24)15-9-14-16(26-2)10-17(27-3)19(28-4)18(14)22-15/h5-11,22H,1-4H3,(H,23,24)/b21-11-. The molecule has 146 valence electrons. The van der Waals surface area contributed by atoms with Crippen LogP contribution in [0.2, 0.25) is 0 Å². The van der Waals surface area contributed by atoms with E-state index in [1.54, 1.807) is 32.6 Å². The number of hydrazone groups is 1. The number of aromatic amines is 1. The van der Waals surface area contributed by atoms with Gasteiger partial charge in [-0.15, -0.1) is 0 Å². The lowest BCUT2D eigenvalue weighted by Crippen LogP contribution is -2.17. The van der Waals surface area contributed by atoms with Crippen molar-refractivity contribution in [3.63, 3.8) is 0 Å². The molecule has 3 rings (SSSR count). The van der Waals surface area contributed by atoms with Gasteiger partial charge in [-0.05, 0) is 35.9 Å². The predicted octanol–water partition coefficient (Wildman–Crippen LogP) is 2.97. The molecular weight excluding hydrogens is 362 g/mol. The zero-order valence-corrected chi connectivity index (χ0v) is 16.0. The van der Waals surface area contributed by atoms with Gasteiger partial charge < -0.3 is 23.9 Å². The normalized spacial score (nSPS) is 10.9. The maximum absolute atomic E-state index is 12.5. The highest BCUT2D eigenvalue weighted by molar-refractivity contribution is 6.02. The molecule has 0 radical (unpaired) electrons. The quantitative estimate of drug-likeness (QED) is 0.483. The molecule has 0 aliphatic carbocycles. The molecule has 0 aliphatic heterocycles. The number of fused-ring (bicyclic) bond motifs is 1. The molecule has 8 nitrogen and oxygen atoms in total. The van der Waals surface area contributed by atoms with Crippen LogP contribution < -0.4 is 24.4 Å². The SMILES string of the molecule is COc1ccc(/C=N\NC(=O)c2cc3c(OC)cc(OC)c(OC)c3[nH]2)cc1. The van der Waals surface area contributed by atoms with Crippen molar-refractivity contribution in [3.8, 4) is 23.0 Å². The molecule has 0 saturated carbocycles. The second-order valence-corrected chi connectivity index (χ2v) is 5.76. The monoisotopic (exact) mass is 383 g/mol. The van der Waals surface area contributed by atoms with Crippen molar-refractivity contribution >= 4 is 23.0 Å². The lowest BCUT2D eigenvalue weighted by molar-refractivity contribution is 0.0951. The molecule has 2 aromatic carbocycles. The molecule has 0 fully saturated rings. The Morgan fingerprint density at radius 2 is 1.68 bits per heavy atom. The van der Waals surface area contributed by atoms with Crippen LogP contribution in [-0.2, 0) is 0 Å². The fourth-order valence-electron chi connectivity index (χ4n) is 2.77. The molecule has 3 aromatic rings. The summed E-state index contributed by atoms with van der Waals surface area (Å²) < 4.78 is 21.2. The molecule has 0 bridgehead atoms. The lowest BCUT2D eigenvalue weighted by atomic mass is 10.2. The summed E-state index contributed by atoms with van der Waals surface area (Å²) in [6.45, 7) is 0. The van der Waals surface area contributed by atoms with Crippen LogP contribution in [-0.4, -0.2) is 45.5 Å². The zero-order chi connectivity index (χ0) is 20.1. The number of ether oxygens (including phenoxy) is 4. The number of nitrogens with one attached hydrogen (secondary N) is 2. The van der Waals surface area contributed by atoms with Crippen LogP contribution in [0.5, 0.6) is 23.0 Å². The molecule has 28 heavy (non-hydrogen) atoms. The van der Waals surface area contributed by atoms with Gasteiger partial charge in [0.05, 0.1) is 40.2 Å². The maximum atomic E-state index is 12.5. The first-order valence-corrected chi connectivity index (χ1v) is 8.40. The molecule has 1 heterocycles. The number of hydrogen-bond donors (Lipinski definition) is 2. The van der Waals surface area contributed by atoms with Crippen LogP contribution in [0.15, 0.2) is 41.5 Å². The third-order valence-electron chi connectivity index (χ3n) is 4.18. The minimum absolute atomic E-state index is 0.312. The van der Waals surface area contributed by atoms with Crippen molar-refractivity contribution in [2.45, 2.75) is 0 Å². The number of nitrogens with zero attached hydrogens (tertiary/aromatic N) is 1. The van der Waals surface area contributed by atoms with Crippen molar-refractivity contribution in [2.24, 2.45) is 5.10 Å². The fourth-order valence-corrected chi connectivity index (χ4v) is 2.77. The summed E-state index contributed by atoms with van der Waals surface area (Å²) in [5, 5.41) is 4.69. The second kappa shape index (κ2) is 8.34. The van der Waals surface area contributed by atoms with Gasteiger partial charge in [0.1, 0.15) is 17.2 Å². The first kappa shape index (κ1) is 19.1. The van der Waals surface area contributed by atoms with Gasteiger partial charge in [0.2, 0.25) is 0 Å². The highest BCUT2D eigenvalue weighted by atomic mass is 16.5. The summed E-state index contributed by atoms with van der Waals surface area (Å²) in [6.07, 6.45) is 1.55. The van der Waals surface area contributed by atoms with Gasteiger partial charge in [-0.2, -0.15) is 5.10 Å².